The van der Waals surface area contributed by atoms with E-state index in [0.717, 1.165) is 0 Å². The van der Waals surface area contributed by atoms with Gasteiger partial charge in [-0.25, -0.2) is 4.79 Å². The normalized spacial score (nSPS) is 17.6. The molecule has 1 amide bonds. The van der Waals surface area contributed by atoms with Crippen molar-refractivity contribution in [2.75, 3.05) is 25.5 Å². The molecule has 0 radical (unpaired) electrons. The molecule has 0 bridgehead atoms. The average molecular weight is 522 g/mol. The smallest absolute Gasteiger partial charge is 0.326 e. The largest absolute Gasteiger partial charge is 0.331 e. The third kappa shape index (κ3) is 5.08. The van der Waals surface area contributed by atoms with Crippen LogP contribution in [0.1, 0.15) is 25.0 Å². The van der Waals surface area contributed by atoms with E-state index in [4.69, 9.17) is 16.9 Å². The van der Waals surface area contributed by atoms with Gasteiger partial charge in [-0.1, -0.05) is 17.7 Å². The third-order valence-electron chi connectivity index (χ3n) is 6.91. The Morgan fingerprint density at radius 2 is 1.76 bits per heavy atom. The first-order valence-electron chi connectivity index (χ1n) is 12.2. The number of nitrogens with one attached hydrogen (secondary N) is 1. The van der Waals surface area contributed by atoms with E-state index in [2.05, 4.69) is 5.32 Å². The van der Waals surface area contributed by atoms with Crippen LogP contribution in [0.2, 0.25) is 5.02 Å². The van der Waals surface area contributed by atoms with E-state index in [1.54, 1.807) is 43.3 Å². The van der Waals surface area contributed by atoms with Crippen LogP contribution in [0.25, 0.3) is 10.9 Å². The first-order chi connectivity index (χ1) is 17.7. The van der Waals surface area contributed by atoms with Crippen molar-refractivity contribution in [2.24, 2.45) is 11.8 Å². The Balaban J connectivity index is 1.57. The van der Waals surface area contributed by atoms with Gasteiger partial charge < -0.3 is 10.2 Å². The van der Waals surface area contributed by atoms with Crippen LogP contribution in [0.15, 0.2) is 46.0 Å². The molecule has 1 aliphatic rings. The quantitative estimate of drug-likeness (QED) is 0.511. The molecular formula is C27H28ClN5O4. The number of rotatable bonds is 7. The van der Waals surface area contributed by atoms with Gasteiger partial charge in [0.1, 0.15) is 11.9 Å². The molecule has 1 N–H and O–H groups in total. The predicted molar refractivity (Wildman–Crippen MR) is 142 cm³/mol. The van der Waals surface area contributed by atoms with Crippen LogP contribution in [0, 0.1) is 23.2 Å². The van der Waals surface area contributed by atoms with E-state index >= 15 is 0 Å². The molecule has 192 valence electrons. The number of aryl methyl sites for hydroxylation is 1. The number of benzene rings is 2. The van der Waals surface area contributed by atoms with Crippen molar-refractivity contribution >= 4 is 39.9 Å². The zero-order valence-electron chi connectivity index (χ0n) is 21.0. The van der Waals surface area contributed by atoms with Gasteiger partial charge in [-0.15, -0.1) is 0 Å². The molecule has 9 nitrogen and oxygen atoms in total. The molecule has 2 heterocycles. The first-order valence-corrected chi connectivity index (χ1v) is 12.5. The number of aromatic nitrogens is 2. The summed E-state index contributed by atoms with van der Waals surface area (Å²) < 4.78 is 2.70. The van der Waals surface area contributed by atoms with E-state index < -0.39 is 17.4 Å². The number of halogens is 1. The fourth-order valence-corrected chi connectivity index (χ4v) is 5.25. The van der Waals surface area contributed by atoms with Crippen molar-refractivity contribution in [1.29, 1.82) is 5.26 Å². The minimum absolute atomic E-state index is 0.0819. The van der Waals surface area contributed by atoms with Crippen LogP contribution < -0.4 is 16.6 Å². The van der Waals surface area contributed by atoms with E-state index in [0.29, 0.717) is 47.4 Å². The summed E-state index contributed by atoms with van der Waals surface area (Å²) in [5.41, 5.74) is 1.20. The summed E-state index contributed by atoms with van der Waals surface area (Å²) in [6.07, 6.45) is 0.106. The highest BCUT2D eigenvalue weighted by atomic mass is 35.5. The minimum atomic E-state index is -0.570. The molecule has 1 saturated heterocycles. The predicted octanol–water partition coefficient (Wildman–Crippen LogP) is 2.66. The number of hydrogen-bond donors (Lipinski definition) is 1. The number of fused-ring (bicyclic) bond motifs is 1. The summed E-state index contributed by atoms with van der Waals surface area (Å²) in [5.74, 6) is -1.47. The number of Topliss-reactive ketones (excluding diaryl/α,β-unsaturated/α-hetero) is 1. The van der Waals surface area contributed by atoms with E-state index in [1.165, 1.54) is 9.13 Å². The molecule has 0 unspecified atom stereocenters. The van der Waals surface area contributed by atoms with Crippen LogP contribution in [-0.4, -0.2) is 45.9 Å². The lowest BCUT2D eigenvalue weighted by Gasteiger charge is -2.18. The molecule has 3 aromatic rings. The summed E-state index contributed by atoms with van der Waals surface area (Å²) in [6.45, 7) is 5.09. The lowest BCUT2D eigenvalue weighted by molar-refractivity contribution is -0.128. The van der Waals surface area contributed by atoms with Gasteiger partial charge in [-0.3, -0.25) is 23.5 Å². The number of nitriles is 1. The van der Waals surface area contributed by atoms with E-state index in [-0.39, 0.29) is 35.4 Å². The van der Waals surface area contributed by atoms with Crippen LogP contribution in [-0.2, 0) is 29.1 Å². The molecule has 4 rings (SSSR count). The Morgan fingerprint density at radius 3 is 2.41 bits per heavy atom. The van der Waals surface area contributed by atoms with Gasteiger partial charge in [0, 0.05) is 44.2 Å². The number of ketones is 1. The van der Waals surface area contributed by atoms with Crippen molar-refractivity contribution in [3.8, 4) is 6.07 Å². The van der Waals surface area contributed by atoms with Crippen LogP contribution in [0.3, 0.4) is 0 Å². The fraction of sp³-hybridized carbons (Fsp3) is 0.370. The maximum Gasteiger partial charge on any atom is 0.331 e. The second-order valence-corrected chi connectivity index (χ2v) is 9.71. The van der Waals surface area contributed by atoms with Gasteiger partial charge >= 0.3 is 5.69 Å². The van der Waals surface area contributed by atoms with Gasteiger partial charge in [0.15, 0.2) is 0 Å². The number of amides is 1. The summed E-state index contributed by atoms with van der Waals surface area (Å²) in [5, 5.41) is 12.6. The molecule has 2 atom stereocenters. The summed E-state index contributed by atoms with van der Waals surface area (Å²) in [4.78, 5) is 54.0. The number of nitrogens with zero attached hydrogens (tertiary/aromatic N) is 4. The van der Waals surface area contributed by atoms with Crippen LogP contribution in [0.5, 0.6) is 0 Å². The Labute approximate surface area is 218 Å². The summed E-state index contributed by atoms with van der Waals surface area (Å²) in [7, 11) is 1.86. The van der Waals surface area contributed by atoms with E-state index in [9.17, 15) is 19.2 Å². The molecule has 10 heteroatoms. The van der Waals surface area contributed by atoms with Crippen molar-refractivity contribution in [2.45, 2.75) is 33.4 Å². The SMILES string of the molecule is CCn1c(=O)c2cc(NC(=O)[C@@H]3CN(C)C[C@H]3C(=O)Cc3ccc(C#N)c(Cl)c3)ccc2n(CC)c1=O. The third-order valence-corrected chi connectivity index (χ3v) is 7.22. The van der Waals surface area contributed by atoms with Crippen molar-refractivity contribution in [3.63, 3.8) is 0 Å². The lowest BCUT2D eigenvalue weighted by Crippen LogP contribution is -2.39. The number of carbonyl (C=O) groups is 2. The maximum absolute atomic E-state index is 13.3. The van der Waals surface area contributed by atoms with Crippen molar-refractivity contribution in [1.82, 2.24) is 14.0 Å². The number of hydrogen-bond acceptors (Lipinski definition) is 6. The average Bonchev–Trinajstić information content (AvgIpc) is 3.27. The van der Waals surface area contributed by atoms with Crippen LogP contribution in [0.4, 0.5) is 5.69 Å². The van der Waals surface area contributed by atoms with Crippen molar-refractivity contribution in [3.05, 3.63) is 73.4 Å². The van der Waals surface area contributed by atoms with Crippen molar-refractivity contribution < 1.29 is 9.59 Å². The Hall–Kier alpha value is -3.74. The van der Waals surface area contributed by atoms with Gasteiger partial charge in [0.2, 0.25) is 5.91 Å². The number of anilines is 1. The number of likely N-dealkylation sites (tertiary alicyclic amines) is 1. The Kier molecular flexibility index (Phi) is 7.62. The molecular weight excluding hydrogens is 494 g/mol. The zero-order valence-corrected chi connectivity index (χ0v) is 21.7. The zero-order chi connectivity index (χ0) is 26.9. The topological polar surface area (TPSA) is 117 Å². The molecule has 1 aromatic heterocycles. The highest BCUT2D eigenvalue weighted by molar-refractivity contribution is 6.31. The molecule has 1 fully saturated rings. The Morgan fingerprint density at radius 1 is 1.05 bits per heavy atom. The summed E-state index contributed by atoms with van der Waals surface area (Å²) in [6, 6.07) is 11.8. The monoisotopic (exact) mass is 521 g/mol. The molecule has 0 spiro atoms. The maximum atomic E-state index is 13.3. The lowest BCUT2D eigenvalue weighted by atomic mass is 9.88. The second kappa shape index (κ2) is 10.7. The van der Waals surface area contributed by atoms with Gasteiger partial charge in [-0.2, -0.15) is 5.26 Å². The molecule has 1 aliphatic heterocycles. The second-order valence-electron chi connectivity index (χ2n) is 9.30. The highest BCUT2D eigenvalue weighted by Gasteiger charge is 2.40. The standard InChI is InChI=1S/C27H28ClN5O4/c1-4-32-23-9-8-18(12-19(23)26(36)33(5-2)27(32)37)30-25(35)21-15-31(3)14-20(21)24(34)11-16-6-7-17(13-29)22(28)10-16/h6-10,12,20-21H,4-5,11,14-15H2,1-3H3,(H,30,35)/t20-,21-/m1/s1. The fourth-order valence-electron chi connectivity index (χ4n) is 5.00. The molecule has 0 aliphatic carbocycles. The van der Waals surface area contributed by atoms with Crippen LogP contribution >= 0.6 is 11.6 Å². The number of carbonyl (C=O) groups excluding carboxylic acids is 2. The molecule has 37 heavy (non-hydrogen) atoms. The first kappa shape index (κ1) is 26.3. The highest BCUT2D eigenvalue weighted by Crippen LogP contribution is 2.27. The van der Waals surface area contributed by atoms with Gasteiger partial charge in [-0.05, 0) is 56.8 Å². The Bertz CT molecular complexity index is 1550. The minimum Gasteiger partial charge on any atom is -0.326 e. The summed E-state index contributed by atoms with van der Waals surface area (Å²) >= 11 is 6.12. The van der Waals surface area contributed by atoms with Gasteiger partial charge in [0.25, 0.3) is 5.56 Å². The van der Waals surface area contributed by atoms with Gasteiger partial charge in [0.05, 0.1) is 27.4 Å². The molecule has 2 aromatic carbocycles. The van der Waals surface area contributed by atoms with E-state index in [1.807, 2.05) is 24.9 Å². The molecule has 0 saturated carbocycles.